The zero-order chi connectivity index (χ0) is 19.9. The van der Waals surface area contributed by atoms with Crippen molar-refractivity contribution in [2.75, 3.05) is 0 Å². The molecule has 0 amide bonds. The molecule has 0 bridgehead atoms. The molecular weight excluding hydrogens is 428 g/mol. The normalized spacial score (nSPS) is 11.6. The van der Waals surface area contributed by atoms with Gasteiger partial charge in [0.25, 0.3) is 0 Å². The van der Waals surface area contributed by atoms with Crippen molar-refractivity contribution in [3.05, 3.63) is 73.3 Å². The van der Waals surface area contributed by atoms with E-state index < -0.39 is 22.5 Å². The minimum Gasteiger partial charge on any atom is -0.345 e. The molecule has 0 radical (unpaired) electrons. The highest BCUT2D eigenvalue weighted by Crippen LogP contribution is 2.47. The lowest BCUT2D eigenvalue weighted by molar-refractivity contribution is -0.387. The summed E-state index contributed by atoms with van der Waals surface area (Å²) in [6, 6.07) is 9.85. The molecule has 2 aromatic carbocycles. The van der Waals surface area contributed by atoms with E-state index in [0.717, 1.165) is 0 Å². The molecule has 140 valence electrons. The van der Waals surface area contributed by atoms with Crippen molar-refractivity contribution in [1.29, 1.82) is 0 Å². The molecule has 0 unspecified atom stereocenters. The third-order valence-electron chi connectivity index (χ3n) is 3.78. The predicted molar refractivity (Wildman–Crippen MR) is 98.4 cm³/mol. The molecule has 1 aromatic heterocycles. The molecule has 0 aliphatic heterocycles. The highest BCUT2D eigenvalue weighted by molar-refractivity contribution is 6.42. The Bertz CT molecular complexity index is 1030. The van der Waals surface area contributed by atoms with E-state index in [2.05, 4.69) is 4.98 Å². The van der Waals surface area contributed by atoms with E-state index in [0.29, 0.717) is 10.6 Å². The fourth-order valence-corrected chi connectivity index (χ4v) is 3.07. The summed E-state index contributed by atoms with van der Waals surface area (Å²) in [4.78, 5) is 12.6. The summed E-state index contributed by atoms with van der Waals surface area (Å²) < 4.78 is 40.3. The molecule has 0 atom stereocenters. The lowest BCUT2D eigenvalue weighted by Gasteiger charge is -2.06. The SMILES string of the molecule is O=[N+]([O-])c1c(C(F)(F)F)[nH]c(-c2ccc(Cl)cc2)c1-c1ccc(Cl)c(Cl)c1. The number of H-pyrrole nitrogens is 1. The van der Waals surface area contributed by atoms with Crippen molar-refractivity contribution in [3.8, 4) is 22.4 Å². The van der Waals surface area contributed by atoms with Gasteiger partial charge in [-0.1, -0.05) is 53.0 Å². The molecule has 1 heterocycles. The first-order valence-electron chi connectivity index (χ1n) is 7.28. The number of nitrogens with one attached hydrogen (secondary N) is 1. The molecule has 1 N–H and O–H groups in total. The number of alkyl halides is 3. The van der Waals surface area contributed by atoms with E-state index >= 15 is 0 Å². The van der Waals surface area contributed by atoms with Crippen LogP contribution in [0.25, 0.3) is 22.4 Å². The van der Waals surface area contributed by atoms with E-state index in [1.54, 1.807) is 0 Å². The van der Waals surface area contributed by atoms with Crippen molar-refractivity contribution < 1.29 is 18.1 Å². The van der Waals surface area contributed by atoms with Gasteiger partial charge in [-0.25, -0.2) is 0 Å². The van der Waals surface area contributed by atoms with Gasteiger partial charge in [0, 0.05) is 5.02 Å². The second-order valence-electron chi connectivity index (χ2n) is 5.49. The first kappa shape index (κ1) is 19.5. The van der Waals surface area contributed by atoms with Gasteiger partial charge in [0.15, 0.2) is 5.69 Å². The second-order valence-corrected chi connectivity index (χ2v) is 6.74. The topological polar surface area (TPSA) is 58.9 Å². The lowest BCUT2D eigenvalue weighted by Crippen LogP contribution is -2.08. The highest BCUT2D eigenvalue weighted by Gasteiger charge is 2.44. The summed E-state index contributed by atoms with van der Waals surface area (Å²) in [6.07, 6.45) is -4.96. The summed E-state index contributed by atoms with van der Waals surface area (Å²) in [5.74, 6) is 0. The molecule has 3 aromatic rings. The number of benzene rings is 2. The lowest BCUT2D eigenvalue weighted by atomic mass is 10.00. The smallest absolute Gasteiger partial charge is 0.345 e. The Kier molecular flexibility index (Phi) is 5.12. The van der Waals surface area contributed by atoms with Gasteiger partial charge in [-0.3, -0.25) is 10.1 Å². The number of rotatable bonds is 3. The molecule has 3 rings (SSSR count). The van der Waals surface area contributed by atoms with E-state index in [9.17, 15) is 23.3 Å². The maximum atomic E-state index is 13.4. The highest BCUT2D eigenvalue weighted by atomic mass is 35.5. The fourth-order valence-electron chi connectivity index (χ4n) is 2.64. The van der Waals surface area contributed by atoms with Gasteiger partial charge in [0.05, 0.1) is 26.2 Å². The molecular formula is C17H8Cl3F3N2O2. The Morgan fingerprint density at radius 1 is 0.926 bits per heavy atom. The number of nitro groups is 1. The third-order valence-corrected chi connectivity index (χ3v) is 4.77. The van der Waals surface area contributed by atoms with E-state index in [4.69, 9.17) is 34.8 Å². The fraction of sp³-hybridized carbons (Fsp3) is 0.0588. The van der Waals surface area contributed by atoms with Crippen LogP contribution in [0.1, 0.15) is 5.69 Å². The summed E-state index contributed by atoms with van der Waals surface area (Å²) in [5.41, 5.74) is -2.46. The van der Waals surface area contributed by atoms with Crippen LogP contribution in [0.4, 0.5) is 18.9 Å². The Hall–Kier alpha value is -2.22. The molecule has 0 saturated carbocycles. The number of aromatic nitrogens is 1. The van der Waals surface area contributed by atoms with Crippen LogP contribution in [0.15, 0.2) is 42.5 Å². The van der Waals surface area contributed by atoms with Crippen LogP contribution in [0, 0.1) is 10.1 Å². The minimum atomic E-state index is -4.96. The Morgan fingerprint density at radius 3 is 2.04 bits per heavy atom. The number of halogens is 6. The van der Waals surface area contributed by atoms with Crippen LogP contribution < -0.4 is 0 Å². The number of nitrogens with zero attached hydrogens (tertiary/aromatic N) is 1. The van der Waals surface area contributed by atoms with Crippen LogP contribution in [0.2, 0.25) is 15.1 Å². The number of hydrogen-bond donors (Lipinski definition) is 1. The van der Waals surface area contributed by atoms with Crippen LogP contribution >= 0.6 is 34.8 Å². The standard InChI is InChI=1S/C17H8Cl3F3N2O2/c18-10-4-1-8(2-5-10)14-13(9-3-6-11(19)12(20)7-9)15(25(26)27)16(24-14)17(21,22)23/h1-7,24H. The average molecular weight is 436 g/mol. The molecule has 0 aliphatic rings. The monoisotopic (exact) mass is 434 g/mol. The third kappa shape index (κ3) is 3.76. The van der Waals surface area contributed by atoms with Crippen LogP contribution in [0.3, 0.4) is 0 Å². The Balaban J connectivity index is 2.40. The predicted octanol–water partition coefficient (Wildman–Crippen LogP) is 7.24. The molecule has 0 saturated heterocycles. The van der Waals surface area contributed by atoms with Gasteiger partial charge in [-0.2, -0.15) is 13.2 Å². The van der Waals surface area contributed by atoms with Gasteiger partial charge >= 0.3 is 11.9 Å². The molecule has 0 aliphatic carbocycles. The maximum Gasteiger partial charge on any atom is 0.438 e. The van der Waals surface area contributed by atoms with E-state index in [1.165, 1.54) is 42.5 Å². The Labute approximate surface area is 165 Å². The molecule has 10 heteroatoms. The number of hydrogen-bond acceptors (Lipinski definition) is 2. The van der Waals surface area contributed by atoms with E-state index in [-0.39, 0.29) is 26.9 Å². The summed E-state index contributed by atoms with van der Waals surface area (Å²) in [6.45, 7) is 0. The van der Waals surface area contributed by atoms with Crippen LogP contribution in [-0.4, -0.2) is 9.91 Å². The van der Waals surface area contributed by atoms with Crippen molar-refractivity contribution in [3.63, 3.8) is 0 Å². The Morgan fingerprint density at radius 2 is 1.52 bits per heavy atom. The van der Waals surface area contributed by atoms with Crippen molar-refractivity contribution in [1.82, 2.24) is 4.98 Å². The zero-order valence-electron chi connectivity index (χ0n) is 13.1. The molecule has 4 nitrogen and oxygen atoms in total. The van der Waals surface area contributed by atoms with Crippen molar-refractivity contribution in [2.45, 2.75) is 6.18 Å². The van der Waals surface area contributed by atoms with Gasteiger partial charge in [-0.15, -0.1) is 0 Å². The zero-order valence-corrected chi connectivity index (χ0v) is 15.3. The average Bonchev–Trinajstić information content (AvgIpc) is 2.99. The maximum absolute atomic E-state index is 13.4. The first-order valence-corrected chi connectivity index (χ1v) is 8.42. The summed E-state index contributed by atoms with van der Waals surface area (Å²) in [5, 5.41) is 12.1. The second kappa shape index (κ2) is 7.07. The molecule has 27 heavy (non-hydrogen) atoms. The summed E-state index contributed by atoms with van der Waals surface area (Å²) in [7, 11) is 0. The molecule has 0 spiro atoms. The number of aromatic amines is 1. The summed E-state index contributed by atoms with van der Waals surface area (Å²) >= 11 is 17.6. The van der Waals surface area contributed by atoms with Crippen molar-refractivity contribution in [2.24, 2.45) is 0 Å². The van der Waals surface area contributed by atoms with Crippen LogP contribution in [-0.2, 0) is 6.18 Å². The van der Waals surface area contributed by atoms with Gasteiger partial charge in [-0.05, 0) is 35.4 Å². The first-order chi connectivity index (χ1) is 12.6. The van der Waals surface area contributed by atoms with Crippen LogP contribution in [0.5, 0.6) is 0 Å². The van der Waals surface area contributed by atoms with E-state index in [1.807, 2.05) is 0 Å². The van der Waals surface area contributed by atoms with Gasteiger partial charge in [0.2, 0.25) is 0 Å². The largest absolute Gasteiger partial charge is 0.438 e. The van der Waals surface area contributed by atoms with Gasteiger partial charge in [0.1, 0.15) is 0 Å². The minimum absolute atomic E-state index is 0.0558. The van der Waals surface area contributed by atoms with Crippen molar-refractivity contribution >= 4 is 40.5 Å². The quantitative estimate of drug-likeness (QED) is 0.348. The molecule has 0 fully saturated rings. The van der Waals surface area contributed by atoms with Gasteiger partial charge < -0.3 is 4.98 Å².